The summed E-state index contributed by atoms with van der Waals surface area (Å²) in [7, 11) is 0. The van der Waals surface area contributed by atoms with Crippen LogP contribution in [0.4, 0.5) is 0 Å². The topological polar surface area (TPSA) is 37.4 Å². The molecule has 0 aliphatic carbocycles. The highest BCUT2D eigenvalue weighted by Crippen LogP contribution is 2.26. The van der Waals surface area contributed by atoms with Crippen molar-refractivity contribution in [2.75, 3.05) is 6.54 Å². The van der Waals surface area contributed by atoms with Gasteiger partial charge < -0.3 is 9.69 Å². The molecular weight excluding hydrogens is 298 g/mol. The number of hydrogen-bond acceptors (Lipinski definition) is 2. The zero-order chi connectivity index (χ0) is 15.9. The van der Waals surface area contributed by atoms with Crippen LogP contribution < -0.4 is 0 Å². The highest BCUT2D eigenvalue weighted by atomic mass is 35.5. The van der Waals surface area contributed by atoms with Gasteiger partial charge >= 0.3 is 0 Å². The normalized spacial score (nSPS) is 10.0. The fourth-order valence-electron chi connectivity index (χ4n) is 2.12. The maximum absolute atomic E-state index is 12.7. The van der Waals surface area contributed by atoms with Gasteiger partial charge in [0.1, 0.15) is 6.29 Å². The average molecular weight is 314 g/mol. The number of benzene rings is 2. The van der Waals surface area contributed by atoms with Gasteiger partial charge in [-0.3, -0.25) is 4.79 Å². The van der Waals surface area contributed by atoms with Crippen molar-refractivity contribution < 1.29 is 9.59 Å². The van der Waals surface area contributed by atoms with Gasteiger partial charge in [0.15, 0.2) is 0 Å². The first-order chi connectivity index (χ1) is 10.6. The Hall–Kier alpha value is -2.39. The minimum Gasteiger partial charge on any atom is -0.308 e. The van der Waals surface area contributed by atoms with E-state index in [1.54, 1.807) is 36.4 Å². The van der Waals surface area contributed by atoms with E-state index in [9.17, 15) is 9.59 Å². The van der Waals surface area contributed by atoms with Crippen LogP contribution in [-0.2, 0) is 4.79 Å². The fraction of sp³-hybridized carbons (Fsp3) is 0.111. The number of aldehydes is 1. The maximum atomic E-state index is 12.7. The van der Waals surface area contributed by atoms with Crippen molar-refractivity contribution in [3.05, 3.63) is 77.3 Å². The minimum atomic E-state index is -0.202. The highest BCUT2D eigenvalue weighted by molar-refractivity contribution is 6.32. The third-order valence-electron chi connectivity index (χ3n) is 3.25. The number of nitrogens with zero attached hydrogens (tertiary/aromatic N) is 1. The molecule has 22 heavy (non-hydrogen) atoms. The lowest BCUT2D eigenvalue weighted by atomic mass is 10.1. The molecule has 0 N–H and O–H groups in total. The Morgan fingerprint density at radius 3 is 2.36 bits per heavy atom. The summed E-state index contributed by atoms with van der Waals surface area (Å²) >= 11 is 6.18. The molecule has 0 aliphatic heterocycles. The van der Waals surface area contributed by atoms with Crippen LogP contribution >= 0.6 is 11.6 Å². The van der Waals surface area contributed by atoms with Crippen LogP contribution in [-0.4, -0.2) is 23.6 Å². The molecule has 0 spiro atoms. The molecule has 2 aromatic rings. The lowest BCUT2D eigenvalue weighted by Gasteiger charge is -2.25. The van der Waals surface area contributed by atoms with Crippen LogP contribution in [0.2, 0.25) is 5.02 Å². The number of halogens is 1. The van der Waals surface area contributed by atoms with Crippen LogP contribution in [0.3, 0.4) is 0 Å². The largest absolute Gasteiger partial charge is 0.308 e. The molecule has 0 radical (unpaired) electrons. The van der Waals surface area contributed by atoms with E-state index in [1.165, 1.54) is 4.90 Å². The third kappa shape index (κ3) is 3.62. The van der Waals surface area contributed by atoms with Crippen molar-refractivity contribution in [1.82, 2.24) is 4.90 Å². The van der Waals surface area contributed by atoms with Crippen LogP contribution in [0.1, 0.15) is 22.3 Å². The van der Waals surface area contributed by atoms with E-state index < -0.39 is 0 Å². The Morgan fingerprint density at radius 2 is 1.73 bits per heavy atom. The van der Waals surface area contributed by atoms with E-state index in [2.05, 4.69) is 6.58 Å². The van der Waals surface area contributed by atoms with Crippen molar-refractivity contribution in [2.24, 2.45) is 0 Å². The van der Waals surface area contributed by atoms with E-state index in [-0.39, 0.29) is 18.9 Å². The second-order valence-electron chi connectivity index (χ2n) is 4.70. The number of hydrogen-bond donors (Lipinski definition) is 0. The molecule has 0 bridgehead atoms. The second kappa shape index (κ2) is 7.57. The Morgan fingerprint density at radius 1 is 1.09 bits per heavy atom. The lowest BCUT2D eigenvalue weighted by molar-refractivity contribution is -0.107. The Bertz CT molecular complexity index is 682. The fourth-order valence-corrected chi connectivity index (χ4v) is 2.36. The van der Waals surface area contributed by atoms with Crippen molar-refractivity contribution in [2.45, 2.75) is 6.42 Å². The zero-order valence-electron chi connectivity index (χ0n) is 12.0. The molecular formula is C18H16ClNO2. The van der Waals surface area contributed by atoms with Gasteiger partial charge in [0.25, 0.3) is 5.91 Å². The summed E-state index contributed by atoms with van der Waals surface area (Å²) < 4.78 is 0. The number of carbonyl (C=O) groups excluding carboxylic acids is 2. The molecule has 0 unspecified atom stereocenters. The predicted molar refractivity (Wildman–Crippen MR) is 88.6 cm³/mol. The smallest absolute Gasteiger partial charge is 0.258 e. The number of amides is 1. The molecule has 0 aromatic heterocycles. The van der Waals surface area contributed by atoms with E-state index in [0.29, 0.717) is 21.8 Å². The molecule has 2 aromatic carbocycles. The van der Waals surface area contributed by atoms with Gasteiger partial charge in [-0.1, -0.05) is 54.6 Å². The molecule has 112 valence electrons. The summed E-state index contributed by atoms with van der Waals surface area (Å²) in [6.07, 6.45) is 1.02. The first-order valence-electron chi connectivity index (χ1n) is 6.89. The summed E-state index contributed by atoms with van der Waals surface area (Å²) in [5.41, 5.74) is 1.71. The SMILES string of the molecule is C=C(c1ccccc1Cl)N(CCC=O)C(=O)c1ccccc1. The molecule has 0 fully saturated rings. The molecule has 0 heterocycles. The predicted octanol–water partition coefficient (Wildman–Crippen LogP) is 4.04. The molecule has 3 nitrogen and oxygen atoms in total. The Labute approximate surface area is 134 Å². The lowest BCUT2D eigenvalue weighted by Crippen LogP contribution is -2.30. The van der Waals surface area contributed by atoms with Gasteiger partial charge in [0.2, 0.25) is 0 Å². The van der Waals surface area contributed by atoms with Gasteiger partial charge in [-0.25, -0.2) is 0 Å². The molecule has 1 amide bonds. The summed E-state index contributed by atoms with van der Waals surface area (Å²) in [6.45, 7) is 4.26. The molecule has 0 saturated carbocycles. The van der Waals surface area contributed by atoms with Crippen molar-refractivity contribution in [1.29, 1.82) is 0 Å². The maximum Gasteiger partial charge on any atom is 0.258 e. The average Bonchev–Trinajstić information content (AvgIpc) is 2.56. The van der Waals surface area contributed by atoms with Crippen LogP contribution in [0.15, 0.2) is 61.2 Å². The zero-order valence-corrected chi connectivity index (χ0v) is 12.8. The van der Waals surface area contributed by atoms with E-state index in [4.69, 9.17) is 11.6 Å². The monoisotopic (exact) mass is 313 g/mol. The van der Waals surface area contributed by atoms with Crippen molar-refractivity contribution in [3.8, 4) is 0 Å². The minimum absolute atomic E-state index is 0.202. The first kappa shape index (κ1) is 16.0. The van der Waals surface area contributed by atoms with Crippen LogP contribution in [0.5, 0.6) is 0 Å². The molecule has 4 heteroatoms. The molecule has 0 saturated heterocycles. The summed E-state index contributed by atoms with van der Waals surface area (Å²) in [5.74, 6) is -0.202. The summed E-state index contributed by atoms with van der Waals surface area (Å²) in [6, 6.07) is 16.1. The van der Waals surface area contributed by atoms with Gasteiger partial charge in [0.05, 0.1) is 0 Å². The Kier molecular flexibility index (Phi) is 5.50. The first-order valence-corrected chi connectivity index (χ1v) is 7.27. The molecule has 2 rings (SSSR count). The highest BCUT2D eigenvalue weighted by Gasteiger charge is 2.20. The number of rotatable bonds is 6. The quantitative estimate of drug-likeness (QED) is 0.755. The Balaban J connectivity index is 2.34. The van der Waals surface area contributed by atoms with E-state index >= 15 is 0 Å². The summed E-state index contributed by atoms with van der Waals surface area (Å²) in [5, 5.41) is 0.518. The van der Waals surface area contributed by atoms with Crippen LogP contribution in [0, 0.1) is 0 Å². The standard InChI is InChI=1S/C18H16ClNO2/c1-14(16-10-5-6-11-17(16)19)20(12-7-13-21)18(22)15-8-3-2-4-9-15/h2-6,8-11,13H,1,7,12H2. The van der Waals surface area contributed by atoms with Crippen molar-refractivity contribution in [3.63, 3.8) is 0 Å². The van der Waals surface area contributed by atoms with Crippen molar-refractivity contribution >= 4 is 29.5 Å². The van der Waals surface area contributed by atoms with E-state index in [0.717, 1.165) is 6.29 Å². The van der Waals surface area contributed by atoms with E-state index in [1.807, 2.05) is 18.2 Å². The van der Waals surface area contributed by atoms with Gasteiger partial charge in [0, 0.05) is 34.8 Å². The molecule has 0 aliphatic rings. The second-order valence-corrected chi connectivity index (χ2v) is 5.11. The molecule has 0 atom stereocenters. The third-order valence-corrected chi connectivity index (χ3v) is 3.58. The van der Waals surface area contributed by atoms with Gasteiger partial charge in [-0.15, -0.1) is 0 Å². The van der Waals surface area contributed by atoms with Gasteiger partial charge in [-0.05, 0) is 18.2 Å². The number of carbonyl (C=O) groups is 2. The van der Waals surface area contributed by atoms with Gasteiger partial charge in [-0.2, -0.15) is 0 Å². The summed E-state index contributed by atoms with van der Waals surface area (Å²) in [4.78, 5) is 24.9. The van der Waals surface area contributed by atoms with Crippen LogP contribution in [0.25, 0.3) is 5.70 Å².